The Balaban J connectivity index is 1.47. The van der Waals surface area contributed by atoms with Crippen molar-refractivity contribution in [1.82, 2.24) is 10.1 Å². The number of ether oxygens (including phenoxy) is 2. The van der Waals surface area contributed by atoms with Crippen molar-refractivity contribution in [1.29, 1.82) is 0 Å². The van der Waals surface area contributed by atoms with E-state index >= 15 is 0 Å². The van der Waals surface area contributed by atoms with Crippen molar-refractivity contribution in [3.05, 3.63) is 77.9 Å². The summed E-state index contributed by atoms with van der Waals surface area (Å²) in [5.41, 5.74) is 4.26. The van der Waals surface area contributed by atoms with Crippen molar-refractivity contribution >= 4 is 11.6 Å². The van der Waals surface area contributed by atoms with Crippen molar-refractivity contribution in [2.45, 2.75) is 13.8 Å². The van der Waals surface area contributed by atoms with Gasteiger partial charge in [-0.25, -0.2) is 0 Å². The number of aromatic nitrogens is 2. The van der Waals surface area contributed by atoms with E-state index < -0.39 is 0 Å². The molecule has 0 bridgehead atoms. The predicted octanol–water partition coefficient (Wildman–Crippen LogP) is 5.05. The normalized spacial score (nSPS) is 10.6. The summed E-state index contributed by atoms with van der Waals surface area (Å²) >= 11 is 0. The highest BCUT2D eigenvalue weighted by atomic mass is 16.5. The largest absolute Gasteiger partial charge is 0.497 e. The van der Waals surface area contributed by atoms with Gasteiger partial charge in [-0.15, -0.1) is 0 Å². The van der Waals surface area contributed by atoms with E-state index in [0.29, 0.717) is 28.7 Å². The van der Waals surface area contributed by atoms with Crippen LogP contribution in [0.15, 0.2) is 71.3 Å². The molecule has 0 aliphatic rings. The number of hydrogen-bond acceptors (Lipinski definition) is 6. The SMILES string of the molecule is COc1ccc(-c2noc(-c3ccccc3NC(=O)COc3ccc(C)c(C)c3)n2)cc1. The van der Waals surface area contributed by atoms with Crippen LogP contribution in [0.1, 0.15) is 11.1 Å². The van der Waals surface area contributed by atoms with E-state index in [-0.39, 0.29) is 12.5 Å². The molecule has 4 aromatic rings. The molecule has 1 aromatic heterocycles. The monoisotopic (exact) mass is 429 g/mol. The molecule has 7 heteroatoms. The van der Waals surface area contributed by atoms with Crippen LogP contribution in [-0.2, 0) is 4.79 Å². The Labute approximate surface area is 186 Å². The number of carbonyl (C=O) groups is 1. The van der Waals surface area contributed by atoms with E-state index in [4.69, 9.17) is 14.0 Å². The zero-order valence-electron chi connectivity index (χ0n) is 18.1. The van der Waals surface area contributed by atoms with Crippen molar-refractivity contribution in [2.75, 3.05) is 19.0 Å². The zero-order chi connectivity index (χ0) is 22.5. The third-order valence-corrected chi connectivity index (χ3v) is 5.05. The fourth-order valence-electron chi connectivity index (χ4n) is 3.11. The Morgan fingerprint density at radius 3 is 2.47 bits per heavy atom. The van der Waals surface area contributed by atoms with Crippen LogP contribution in [0.5, 0.6) is 11.5 Å². The number of rotatable bonds is 7. The lowest BCUT2D eigenvalue weighted by molar-refractivity contribution is -0.118. The molecule has 1 heterocycles. The lowest BCUT2D eigenvalue weighted by Crippen LogP contribution is -2.20. The Bertz CT molecular complexity index is 1230. The van der Waals surface area contributed by atoms with Crippen LogP contribution in [0.4, 0.5) is 5.69 Å². The maximum atomic E-state index is 12.5. The highest BCUT2D eigenvalue weighted by Gasteiger charge is 2.16. The molecule has 0 fully saturated rings. The second-order valence-electron chi connectivity index (χ2n) is 7.28. The maximum Gasteiger partial charge on any atom is 0.262 e. The number of hydrogen-bond donors (Lipinski definition) is 1. The van der Waals surface area contributed by atoms with E-state index in [2.05, 4.69) is 15.5 Å². The van der Waals surface area contributed by atoms with E-state index in [0.717, 1.165) is 16.9 Å². The molecular formula is C25H23N3O4. The van der Waals surface area contributed by atoms with E-state index in [1.54, 1.807) is 13.2 Å². The number of anilines is 1. The third kappa shape index (κ3) is 4.78. The summed E-state index contributed by atoms with van der Waals surface area (Å²) in [7, 11) is 1.61. The molecule has 0 radical (unpaired) electrons. The predicted molar refractivity (Wildman–Crippen MR) is 122 cm³/mol. The number of carbonyl (C=O) groups excluding carboxylic acids is 1. The Morgan fingerprint density at radius 2 is 1.72 bits per heavy atom. The summed E-state index contributed by atoms with van der Waals surface area (Å²) < 4.78 is 16.3. The van der Waals surface area contributed by atoms with Gasteiger partial charge in [0.25, 0.3) is 11.8 Å². The molecule has 1 amide bonds. The van der Waals surface area contributed by atoms with E-state index in [1.165, 1.54) is 5.56 Å². The highest BCUT2D eigenvalue weighted by molar-refractivity contribution is 5.95. The Kier molecular flexibility index (Phi) is 6.17. The van der Waals surface area contributed by atoms with Crippen LogP contribution >= 0.6 is 0 Å². The van der Waals surface area contributed by atoms with E-state index in [9.17, 15) is 4.79 Å². The summed E-state index contributed by atoms with van der Waals surface area (Å²) in [6.45, 7) is 3.92. The average Bonchev–Trinajstić information content (AvgIpc) is 3.30. The highest BCUT2D eigenvalue weighted by Crippen LogP contribution is 2.29. The second kappa shape index (κ2) is 9.34. The number of methoxy groups -OCH3 is 1. The molecule has 4 rings (SSSR count). The van der Waals surface area contributed by atoms with E-state index in [1.807, 2.05) is 74.5 Å². The van der Waals surface area contributed by atoms with Crippen molar-refractivity contribution in [3.8, 4) is 34.3 Å². The van der Waals surface area contributed by atoms with Crippen LogP contribution in [-0.4, -0.2) is 29.8 Å². The quantitative estimate of drug-likeness (QED) is 0.443. The van der Waals surface area contributed by atoms with Crippen LogP contribution in [0.2, 0.25) is 0 Å². The summed E-state index contributed by atoms with van der Waals surface area (Å²) in [5.74, 6) is 1.86. The molecule has 162 valence electrons. The average molecular weight is 429 g/mol. The van der Waals surface area contributed by atoms with Gasteiger partial charge >= 0.3 is 0 Å². The van der Waals surface area contributed by atoms with Gasteiger partial charge in [0.15, 0.2) is 6.61 Å². The van der Waals surface area contributed by atoms with Crippen LogP contribution in [0.25, 0.3) is 22.8 Å². The van der Waals surface area contributed by atoms with Crippen LogP contribution in [0, 0.1) is 13.8 Å². The van der Waals surface area contributed by atoms with Crippen LogP contribution < -0.4 is 14.8 Å². The molecule has 7 nitrogen and oxygen atoms in total. The molecule has 32 heavy (non-hydrogen) atoms. The van der Waals surface area contributed by atoms with Gasteiger partial charge in [0.2, 0.25) is 5.82 Å². The summed E-state index contributed by atoms with van der Waals surface area (Å²) in [5, 5.41) is 6.93. The van der Waals surface area contributed by atoms with Crippen molar-refractivity contribution in [2.24, 2.45) is 0 Å². The Hall–Kier alpha value is -4.13. The minimum Gasteiger partial charge on any atom is -0.497 e. The fraction of sp³-hybridized carbons (Fsp3) is 0.160. The van der Waals surface area contributed by atoms with Gasteiger partial charge in [-0.3, -0.25) is 4.79 Å². The molecular weight excluding hydrogens is 406 g/mol. The third-order valence-electron chi connectivity index (χ3n) is 5.05. The molecule has 1 N–H and O–H groups in total. The minimum absolute atomic E-state index is 0.113. The standard InChI is InChI=1S/C25H23N3O4/c1-16-8-11-20(14-17(16)2)31-15-23(29)26-22-7-5-4-6-21(22)25-27-24(28-32-25)18-9-12-19(30-3)13-10-18/h4-14H,15H2,1-3H3,(H,26,29). The van der Waals surface area contributed by atoms with Gasteiger partial charge in [-0.2, -0.15) is 4.98 Å². The maximum absolute atomic E-state index is 12.5. The summed E-state index contributed by atoms with van der Waals surface area (Å²) in [6.07, 6.45) is 0. The summed E-state index contributed by atoms with van der Waals surface area (Å²) in [4.78, 5) is 17.0. The lowest BCUT2D eigenvalue weighted by Gasteiger charge is -2.10. The first-order valence-electron chi connectivity index (χ1n) is 10.1. The number of amides is 1. The molecule has 0 aliphatic heterocycles. The first-order valence-corrected chi connectivity index (χ1v) is 10.1. The first kappa shape index (κ1) is 21.1. The van der Waals surface area contributed by atoms with Crippen LogP contribution in [0.3, 0.4) is 0 Å². The molecule has 0 aliphatic carbocycles. The summed E-state index contributed by atoms with van der Waals surface area (Å²) in [6, 6.07) is 20.3. The van der Waals surface area contributed by atoms with Gasteiger partial charge in [0, 0.05) is 5.56 Å². The zero-order valence-corrected chi connectivity index (χ0v) is 18.1. The van der Waals surface area contributed by atoms with Gasteiger partial charge in [0.05, 0.1) is 18.4 Å². The number of aryl methyl sites for hydroxylation is 2. The molecule has 0 unspecified atom stereocenters. The number of benzene rings is 3. The minimum atomic E-state index is -0.287. The van der Waals surface area contributed by atoms with Gasteiger partial charge in [0.1, 0.15) is 11.5 Å². The van der Waals surface area contributed by atoms with Crippen molar-refractivity contribution in [3.63, 3.8) is 0 Å². The van der Waals surface area contributed by atoms with Gasteiger partial charge < -0.3 is 19.3 Å². The molecule has 0 saturated heterocycles. The number of nitrogens with one attached hydrogen (secondary N) is 1. The molecule has 0 atom stereocenters. The van der Waals surface area contributed by atoms with Gasteiger partial charge in [-0.05, 0) is 73.5 Å². The molecule has 0 saturated carbocycles. The number of para-hydroxylation sites is 1. The fourth-order valence-corrected chi connectivity index (χ4v) is 3.11. The van der Waals surface area contributed by atoms with Gasteiger partial charge in [-0.1, -0.05) is 23.4 Å². The first-order chi connectivity index (χ1) is 15.5. The Morgan fingerprint density at radius 1 is 0.969 bits per heavy atom. The molecule has 3 aromatic carbocycles. The molecule has 0 spiro atoms. The smallest absolute Gasteiger partial charge is 0.262 e. The lowest BCUT2D eigenvalue weighted by atomic mass is 10.1. The van der Waals surface area contributed by atoms with Crippen molar-refractivity contribution < 1.29 is 18.8 Å². The topological polar surface area (TPSA) is 86.5 Å². The number of nitrogens with zero attached hydrogens (tertiary/aromatic N) is 2. The second-order valence-corrected chi connectivity index (χ2v) is 7.28.